The standard InChI is InChI=1S/C21H29N5O4/c1-6-14(3)22-20-23-18-17(19(28)25(5)21(29)24(18)4)26(20)11-15(27)12-30-16-9-7-8-13(2)10-16/h7-10,14-15,27H,6,11-12H2,1-5H3,(H,22,23)/t14-,15-/m0/s1. The van der Waals surface area contributed by atoms with Crippen molar-refractivity contribution >= 4 is 17.1 Å². The number of hydrogen-bond donors (Lipinski definition) is 2. The van der Waals surface area contributed by atoms with Crippen LogP contribution < -0.4 is 21.3 Å². The van der Waals surface area contributed by atoms with E-state index < -0.39 is 17.4 Å². The van der Waals surface area contributed by atoms with E-state index >= 15 is 0 Å². The van der Waals surface area contributed by atoms with Gasteiger partial charge in [0.05, 0.1) is 6.54 Å². The number of fused-ring (bicyclic) bond motifs is 1. The Hall–Kier alpha value is -3.07. The maximum absolute atomic E-state index is 12.8. The Morgan fingerprint density at radius 2 is 1.97 bits per heavy atom. The summed E-state index contributed by atoms with van der Waals surface area (Å²) in [7, 11) is 3.01. The van der Waals surface area contributed by atoms with Crippen molar-refractivity contribution in [3.05, 3.63) is 50.7 Å². The van der Waals surface area contributed by atoms with Crippen molar-refractivity contribution in [1.82, 2.24) is 18.7 Å². The highest BCUT2D eigenvalue weighted by Gasteiger charge is 2.22. The van der Waals surface area contributed by atoms with E-state index in [2.05, 4.69) is 10.3 Å². The van der Waals surface area contributed by atoms with E-state index in [1.807, 2.05) is 45.0 Å². The van der Waals surface area contributed by atoms with Crippen molar-refractivity contribution in [1.29, 1.82) is 0 Å². The predicted octanol–water partition coefficient (Wildman–Crippen LogP) is 1.39. The third-order valence-corrected chi connectivity index (χ3v) is 5.16. The van der Waals surface area contributed by atoms with E-state index in [0.29, 0.717) is 11.7 Å². The third kappa shape index (κ3) is 4.25. The van der Waals surface area contributed by atoms with Crippen LogP contribution in [0.4, 0.5) is 5.95 Å². The molecule has 0 spiro atoms. The van der Waals surface area contributed by atoms with Crippen molar-refractivity contribution in [3.8, 4) is 5.75 Å². The SMILES string of the molecule is CC[C@H](C)Nc1nc2c(c(=O)n(C)c(=O)n2C)n1C[C@H](O)COc1cccc(C)c1. The van der Waals surface area contributed by atoms with Crippen molar-refractivity contribution in [3.63, 3.8) is 0 Å². The van der Waals surface area contributed by atoms with Crippen LogP contribution in [0.3, 0.4) is 0 Å². The molecule has 0 aliphatic heterocycles. The summed E-state index contributed by atoms with van der Waals surface area (Å²) in [6, 6.07) is 7.67. The van der Waals surface area contributed by atoms with Crippen molar-refractivity contribution in [2.24, 2.45) is 14.1 Å². The molecule has 0 bridgehead atoms. The second kappa shape index (κ2) is 8.74. The molecule has 9 heteroatoms. The Morgan fingerprint density at radius 1 is 1.23 bits per heavy atom. The second-order valence-corrected chi connectivity index (χ2v) is 7.66. The van der Waals surface area contributed by atoms with Gasteiger partial charge in [0.15, 0.2) is 11.2 Å². The largest absolute Gasteiger partial charge is 0.491 e. The maximum atomic E-state index is 12.8. The first-order chi connectivity index (χ1) is 14.2. The zero-order chi connectivity index (χ0) is 22.0. The molecule has 0 amide bonds. The molecule has 2 N–H and O–H groups in total. The molecule has 3 rings (SSSR count). The number of nitrogens with one attached hydrogen (secondary N) is 1. The average Bonchev–Trinajstić information content (AvgIpc) is 3.07. The third-order valence-electron chi connectivity index (χ3n) is 5.16. The van der Waals surface area contributed by atoms with Crippen molar-refractivity contribution in [2.45, 2.75) is 45.9 Å². The Kier molecular flexibility index (Phi) is 6.31. The number of hydrogen-bond acceptors (Lipinski definition) is 6. The fourth-order valence-corrected chi connectivity index (χ4v) is 3.22. The minimum Gasteiger partial charge on any atom is -0.491 e. The van der Waals surface area contributed by atoms with E-state index in [-0.39, 0.29) is 30.4 Å². The number of aryl methyl sites for hydroxylation is 2. The van der Waals surface area contributed by atoms with Crippen LogP contribution in [0.5, 0.6) is 5.75 Å². The van der Waals surface area contributed by atoms with Gasteiger partial charge in [-0.05, 0) is 38.0 Å². The van der Waals surface area contributed by atoms with Gasteiger partial charge in [-0.1, -0.05) is 19.1 Å². The number of aromatic nitrogens is 4. The fraction of sp³-hybridized carbons (Fsp3) is 0.476. The molecule has 2 aromatic heterocycles. The lowest BCUT2D eigenvalue weighted by molar-refractivity contribution is 0.0937. The molecule has 0 fully saturated rings. The predicted molar refractivity (Wildman–Crippen MR) is 116 cm³/mol. The van der Waals surface area contributed by atoms with E-state index in [0.717, 1.165) is 16.6 Å². The first-order valence-electron chi connectivity index (χ1n) is 10.0. The van der Waals surface area contributed by atoms with Gasteiger partial charge >= 0.3 is 5.69 Å². The Morgan fingerprint density at radius 3 is 2.63 bits per heavy atom. The summed E-state index contributed by atoms with van der Waals surface area (Å²) in [4.78, 5) is 29.6. The topological polar surface area (TPSA) is 103 Å². The highest BCUT2D eigenvalue weighted by molar-refractivity contribution is 5.74. The number of aliphatic hydroxyl groups is 1. The summed E-state index contributed by atoms with van der Waals surface area (Å²) < 4.78 is 9.72. The van der Waals surface area contributed by atoms with Crippen LogP contribution in [-0.2, 0) is 20.6 Å². The van der Waals surface area contributed by atoms with E-state index in [1.54, 1.807) is 11.6 Å². The van der Waals surface area contributed by atoms with Crippen molar-refractivity contribution in [2.75, 3.05) is 11.9 Å². The van der Waals surface area contributed by atoms with Crippen LogP contribution in [0.15, 0.2) is 33.9 Å². The van der Waals surface area contributed by atoms with Crippen LogP contribution in [-0.4, -0.2) is 42.5 Å². The molecule has 0 aliphatic carbocycles. The van der Waals surface area contributed by atoms with E-state index in [1.165, 1.54) is 11.6 Å². The van der Waals surface area contributed by atoms with E-state index in [4.69, 9.17) is 4.74 Å². The molecule has 0 unspecified atom stereocenters. The van der Waals surface area contributed by atoms with Gasteiger partial charge in [-0.2, -0.15) is 4.98 Å². The summed E-state index contributed by atoms with van der Waals surface area (Å²) in [5.74, 6) is 1.10. The normalized spacial score (nSPS) is 13.4. The highest BCUT2D eigenvalue weighted by Crippen LogP contribution is 2.18. The average molecular weight is 415 g/mol. The zero-order valence-corrected chi connectivity index (χ0v) is 18.0. The first kappa shape index (κ1) is 21.6. The van der Waals surface area contributed by atoms with Crippen LogP contribution >= 0.6 is 0 Å². The molecular weight excluding hydrogens is 386 g/mol. The number of imidazole rings is 1. The Bertz CT molecular complexity index is 1160. The van der Waals surface area contributed by atoms with Crippen molar-refractivity contribution < 1.29 is 9.84 Å². The maximum Gasteiger partial charge on any atom is 0.332 e. The quantitative estimate of drug-likeness (QED) is 0.576. The highest BCUT2D eigenvalue weighted by atomic mass is 16.5. The van der Waals surface area contributed by atoms with Gasteiger partial charge in [0.1, 0.15) is 18.5 Å². The lowest BCUT2D eigenvalue weighted by Gasteiger charge is -2.18. The molecule has 2 atom stereocenters. The number of aliphatic hydroxyl groups excluding tert-OH is 1. The van der Waals surface area contributed by atoms with Gasteiger partial charge in [0.25, 0.3) is 5.56 Å². The van der Waals surface area contributed by atoms with Crippen LogP contribution in [0.25, 0.3) is 11.2 Å². The van der Waals surface area contributed by atoms with Gasteiger partial charge in [-0.15, -0.1) is 0 Å². The molecule has 9 nitrogen and oxygen atoms in total. The molecule has 2 heterocycles. The number of benzene rings is 1. The summed E-state index contributed by atoms with van der Waals surface area (Å²) in [6.07, 6.45) is -0.0403. The number of ether oxygens (including phenoxy) is 1. The minimum atomic E-state index is -0.887. The minimum absolute atomic E-state index is 0.0535. The Labute approximate surface area is 174 Å². The first-order valence-corrected chi connectivity index (χ1v) is 10.0. The lowest BCUT2D eigenvalue weighted by atomic mass is 10.2. The summed E-state index contributed by atoms with van der Waals surface area (Å²) >= 11 is 0. The summed E-state index contributed by atoms with van der Waals surface area (Å²) in [5.41, 5.74) is 0.702. The summed E-state index contributed by atoms with van der Waals surface area (Å²) in [5, 5.41) is 13.9. The van der Waals surface area contributed by atoms with Gasteiger partial charge in [-0.25, -0.2) is 4.79 Å². The van der Waals surface area contributed by atoms with Gasteiger partial charge in [-0.3, -0.25) is 13.9 Å². The summed E-state index contributed by atoms with van der Waals surface area (Å²) in [6.45, 7) is 6.14. The number of rotatable bonds is 8. The number of anilines is 1. The van der Waals surface area contributed by atoms with Crippen LogP contribution in [0, 0.1) is 6.92 Å². The fourth-order valence-electron chi connectivity index (χ4n) is 3.22. The van der Waals surface area contributed by atoms with Crippen LogP contribution in [0.1, 0.15) is 25.8 Å². The molecule has 0 aliphatic rings. The smallest absolute Gasteiger partial charge is 0.332 e. The van der Waals surface area contributed by atoms with Crippen LogP contribution in [0.2, 0.25) is 0 Å². The van der Waals surface area contributed by atoms with Gasteiger partial charge in [0, 0.05) is 20.1 Å². The molecule has 0 radical (unpaired) electrons. The number of nitrogens with zero attached hydrogens (tertiary/aromatic N) is 4. The Balaban J connectivity index is 1.96. The molecule has 3 aromatic rings. The molecule has 30 heavy (non-hydrogen) atoms. The molecule has 1 aromatic carbocycles. The molecular formula is C21H29N5O4. The van der Waals surface area contributed by atoms with Gasteiger partial charge < -0.3 is 19.7 Å². The zero-order valence-electron chi connectivity index (χ0n) is 18.0. The second-order valence-electron chi connectivity index (χ2n) is 7.66. The van der Waals surface area contributed by atoms with Gasteiger partial charge in [0.2, 0.25) is 5.95 Å². The lowest BCUT2D eigenvalue weighted by Crippen LogP contribution is -2.38. The molecule has 162 valence electrons. The molecule has 0 saturated heterocycles. The molecule has 0 saturated carbocycles. The van der Waals surface area contributed by atoms with E-state index in [9.17, 15) is 14.7 Å². The monoisotopic (exact) mass is 415 g/mol.